The molecule has 5 nitrogen and oxygen atoms in total. The first-order valence-electron chi connectivity index (χ1n) is 7.90. The summed E-state index contributed by atoms with van der Waals surface area (Å²) < 4.78 is 10.9. The largest absolute Gasteiger partial charge is 0.444 e. The van der Waals surface area contributed by atoms with Gasteiger partial charge >= 0.3 is 6.09 Å². The van der Waals surface area contributed by atoms with E-state index in [1.54, 1.807) is 7.11 Å². The normalized spacial score (nSPS) is 31.9. The zero-order valence-corrected chi connectivity index (χ0v) is 14.2. The molecular weight excluding hydrogens is 268 g/mol. The summed E-state index contributed by atoms with van der Waals surface area (Å²) in [7, 11) is 1.78. The first kappa shape index (κ1) is 16.6. The summed E-state index contributed by atoms with van der Waals surface area (Å²) in [5.41, 5.74) is -0.266. The van der Waals surface area contributed by atoms with Crippen LogP contribution in [-0.2, 0) is 9.47 Å². The Morgan fingerprint density at radius 3 is 2.52 bits per heavy atom. The molecule has 0 radical (unpaired) electrons. The van der Waals surface area contributed by atoms with Crippen LogP contribution in [0.3, 0.4) is 0 Å². The fourth-order valence-corrected chi connectivity index (χ4v) is 3.24. The van der Waals surface area contributed by atoms with Crippen LogP contribution < -0.4 is 5.32 Å². The van der Waals surface area contributed by atoms with Crippen LogP contribution in [0, 0.1) is 5.41 Å². The molecule has 5 heteroatoms. The Bertz CT molecular complexity index is 389. The van der Waals surface area contributed by atoms with Crippen molar-refractivity contribution in [3.63, 3.8) is 0 Å². The number of methoxy groups -OCH3 is 1. The minimum absolute atomic E-state index is 0.161. The van der Waals surface area contributed by atoms with Crippen molar-refractivity contribution < 1.29 is 14.3 Å². The average molecular weight is 298 g/mol. The monoisotopic (exact) mass is 298 g/mol. The predicted octanol–water partition coefficient (Wildman–Crippen LogP) is 2.40. The van der Waals surface area contributed by atoms with E-state index in [2.05, 4.69) is 19.2 Å². The summed E-state index contributed by atoms with van der Waals surface area (Å²) in [6.07, 6.45) is 2.17. The average Bonchev–Trinajstić information content (AvgIpc) is 2.80. The van der Waals surface area contributed by atoms with Crippen LogP contribution in [0.1, 0.15) is 47.5 Å². The fraction of sp³-hybridized carbons (Fsp3) is 0.938. The number of nitrogens with zero attached hydrogens (tertiary/aromatic N) is 1. The lowest BCUT2D eigenvalue weighted by Gasteiger charge is -2.52. The number of carbonyl (C=O) groups excluding carboxylic acids is 1. The van der Waals surface area contributed by atoms with Gasteiger partial charge in [0.2, 0.25) is 0 Å². The van der Waals surface area contributed by atoms with Crippen LogP contribution in [-0.4, -0.2) is 55.0 Å². The Labute approximate surface area is 128 Å². The van der Waals surface area contributed by atoms with Crippen molar-refractivity contribution in [2.24, 2.45) is 5.41 Å². The lowest BCUT2D eigenvalue weighted by molar-refractivity contribution is -0.0999. The number of likely N-dealkylation sites (tertiary alicyclic amines) is 1. The number of rotatable bonds is 3. The molecule has 2 rings (SSSR count). The van der Waals surface area contributed by atoms with Crippen molar-refractivity contribution in [3.8, 4) is 0 Å². The molecule has 0 aromatic carbocycles. The van der Waals surface area contributed by atoms with Crippen LogP contribution in [0.15, 0.2) is 0 Å². The van der Waals surface area contributed by atoms with Gasteiger partial charge in [-0.05, 0) is 33.6 Å². The molecule has 1 saturated heterocycles. The fourth-order valence-electron chi connectivity index (χ4n) is 3.24. The van der Waals surface area contributed by atoms with Gasteiger partial charge in [0.05, 0.1) is 6.10 Å². The predicted molar refractivity (Wildman–Crippen MR) is 82.3 cm³/mol. The molecule has 0 bridgehead atoms. The van der Waals surface area contributed by atoms with Crippen molar-refractivity contribution in [1.29, 1.82) is 0 Å². The molecular formula is C16H30N2O3. The molecule has 3 unspecified atom stereocenters. The molecule has 1 N–H and O–H groups in total. The molecule has 122 valence electrons. The maximum absolute atomic E-state index is 12.1. The molecule has 3 atom stereocenters. The maximum atomic E-state index is 12.1. The zero-order chi connectivity index (χ0) is 15.8. The van der Waals surface area contributed by atoms with Crippen LogP contribution >= 0.6 is 0 Å². The first-order chi connectivity index (χ1) is 9.63. The van der Waals surface area contributed by atoms with Gasteiger partial charge in [-0.3, -0.25) is 0 Å². The molecule has 0 aromatic rings. The van der Waals surface area contributed by atoms with E-state index in [1.807, 2.05) is 25.7 Å². The number of nitrogens with one attached hydrogen (secondary N) is 1. The summed E-state index contributed by atoms with van der Waals surface area (Å²) in [6, 6.07) is 0.825. The van der Waals surface area contributed by atoms with Gasteiger partial charge in [-0.2, -0.15) is 0 Å². The molecule has 1 amide bonds. The Hall–Kier alpha value is -0.810. The molecule has 0 spiro atoms. The minimum atomic E-state index is -0.426. The van der Waals surface area contributed by atoms with Gasteiger partial charge in [-0.15, -0.1) is 0 Å². The highest BCUT2D eigenvalue weighted by Crippen LogP contribution is 2.42. The molecule has 1 aliphatic heterocycles. The van der Waals surface area contributed by atoms with E-state index in [0.717, 1.165) is 25.9 Å². The number of carbonyl (C=O) groups is 1. The van der Waals surface area contributed by atoms with E-state index in [0.29, 0.717) is 18.2 Å². The van der Waals surface area contributed by atoms with Crippen LogP contribution in [0.4, 0.5) is 4.79 Å². The van der Waals surface area contributed by atoms with Gasteiger partial charge < -0.3 is 19.7 Å². The van der Waals surface area contributed by atoms with E-state index in [-0.39, 0.29) is 11.5 Å². The number of hydrogen-bond donors (Lipinski definition) is 1. The lowest BCUT2D eigenvalue weighted by Crippen LogP contribution is -2.62. The third-order valence-corrected chi connectivity index (χ3v) is 4.74. The molecule has 1 heterocycles. The highest BCUT2D eigenvalue weighted by Gasteiger charge is 2.49. The Morgan fingerprint density at radius 2 is 2.00 bits per heavy atom. The van der Waals surface area contributed by atoms with Crippen molar-refractivity contribution >= 4 is 6.09 Å². The van der Waals surface area contributed by atoms with Gasteiger partial charge in [0.1, 0.15) is 5.60 Å². The molecule has 1 saturated carbocycles. The molecule has 2 fully saturated rings. The highest BCUT2D eigenvalue weighted by atomic mass is 16.6. The van der Waals surface area contributed by atoms with Crippen LogP contribution in [0.5, 0.6) is 0 Å². The molecule has 0 aromatic heterocycles. The summed E-state index contributed by atoms with van der Waals surface area (Å²) in [5.74, 6) is 0. The SMILES string of the molecule is COC1CC(NC2CCN(C(=O)OC(C)(C)C)C2)C1(C)C. The number of ether oxygens (including phenoxy) is 2. The second-order valence-corrected chi connectivity index (χ2v) is 7.91. The Balaban J connectivity index is 1.80. The summed E-state index contributed by atoms with van der Waals surface area (Å²) in [5, 5.41) is 3.69. The number of amides is 1. The smallest absolute Gasteiger partial charge is 0.410 e. The second-order valence-electron chi connectivity index (χ2n) is 7.91. The zero-order valence-electron chi connectivity index (χ0n) is 14.2. The quantitative estimate of drug-likeness (QED) is 0.869. The Morgan fingerprint density at radius 1 is 1.33 bits per heavy atom. The van der Waals surface area contributed by atoms with Gasteiger partial charge in [-0.25, -0.2) is 4.79 Å². The number of hydrogen-bond acceptors (Lipinski definition) is 4. The first-order valence-corrected chi connectivity index (χ1v) is 7.90. The van der Waals surface area contributed by atoms with Crippen molar-refractivity contribution in [2.45, 2.75) is 71.2 Å². The summed E-state index contributed by atoms with van der Waals surface area (Å²) in [6.45, 7) is 11.7. The van der Waals surface area contributed by atoms with Crippen molar-refractivity contribution in [3.05, 3.63) is 0 Å². The van der Waals surface area contributed by atoms with Gasteiger partial charge in [-0.1, -0.05) is 13.8 Å². The minimum Gasteiger partial charge on any atom is -0.444 e. The van der Waals surface area contributed by atoms with E-state index in [9.17, 15) is 4.79 Å². The van der Waals surface area contributed by atoms with Crippen LogP contribution in [0.25, 0.3) is 0 Å². The maximum Gasteiger partial charge on any atom is 0.410 e. The van der Waals surface area contributed by atoms with E-state index < -0.39 is 5.60 Å². The van der Waals surface area contributed by atoms with Crippen molar-refractivity contribution in [1.82, 2.24) is 10.2 Å². The van der Waals surface area contributed by atoms with Gasteiger partial charge in [0.25, 0.3) is 0 Å². The molecule has 21 heavy (non-hydrogen) atoms. The van der Waals surface area contributed by atoms with Gasteiger partial charge in [0, 0.05) is 37.7 Å². The highest BCUT2D eigenvalue weighted by molar-refractivity contribution is 5.68. The Kier molecular flexibility index (Phi) is 4.54. The second kappa shape index (κ2) is 5.76. The van der Waals surface area contributed by atoms with Crippen molar-refractivity contribution in [2.75, 3.05) is 20.2 Å². The molecule has 2 aliphatic rings. The van der Waals surface area contributed by atoms with Gasteiger partial charge in [0.15, 0.2) is 0 Å². The van der Waals surface area contributed by atoms with E-state index in [1.165, 1.54) is 0 Å². The third-order valence-electron chi connectivity index (χ3n) is 4.74. The summed E-state index contributed by atoms with van der Waals surface area (Å²) in [4.78, 5) is 13.9. The van der Waals surface area contributed by atoms with Crippen LogP contribution in [0.2, 0.25) is 0 Å². The standard InChI is InChI=1S/C16H30N2O3/c1-15(2,3)21-14(19)18-8-7-11(10-18)17-12-9-13(20-6)16(12,4)5/h11-13,17H,7-10H2,1-6H3. The molecule has 1 aliphatic carbocycles. The van der Waals surface area contributed by atoms with E-state index >= 15 is 0 Å². The summed E-state index contributed by atoms with van der Waals surface area (Å²) >= 11 is 0. The third kappa shape index (κ3) is 3.69. The lowest BCUT2D eigenvalue weighted by atomic mass is 9.64. The van der Waals surface area contributed by atoms with E-state index in [4.69, 9.17) is 9.47 Å². The topological polar surface area (TPSA) is 50.8 Å².